The van der Waals surface area contributed by atoms with E-state index in [1.165, 1.54) is 6.92 Å². The Labute approximate surface area is 176 Å². The van der Waals surface area contributed by atoms with Gasteiger partial charge in [0.25, 0.3) is 6.01 Å². The van der Waals surface area contributed by atoms with E-state index in [-0.39, 0.29) is 24.2 Å². The summed E-state index contributed by atoms with van der Waals surface area (Å²) in [6.07, 6.45) is 3.96. The van der Waals surface area contributed by atoms with Gasteiger partial charge < -0.3 is 19.5 Å². The van der Waals surface area contributed by atoms with E-state index in [0.29, 0.717) is 30.0 Å². The van der Waals surface area contributed by atoms with E-state index in [1.807, 2.05) is 37.6 Å². The van der Waals surface area contributed by atoms with Gasteiger partial charge in [0.1, 0.15) is 16.9 Å². The number of amides is 1. The molecular formula is C21H30ClN3O4. The van der Waals surface area contributed by atoms with Gasteiger partial charge in [0, 0.05) is 20.0 Å². The summed E-state index contributed by atoms with van der Waals surface area (Å²) in [5, 5.41) is 3.39. The Morgan fingerprint density at radius 1 is 1.31 bits per heavy atom. The fraction of sp³-hybridized carbons (Fsp3) is 0.619. The Balaban J connectivity index is 1.56. The molecule has 1 heterocycles. The third-order valence-corrected chi connectivity index (χ3v) is 5.49. The standard InChI is InChI=1S/C21H30ClN3O4/c1-5-27-18-11-10-17-20(19(18)22)25(4)21(24-17)29-16-8-6-15(7-9-16)28-12-13(2)23-14(3)26/h10-11,13,15-16H,5-9,12H2,1-4H3,(H,23,26)/t13-,15?,16?/m0/s1. The van der Waals surface area contributed by atoms with Crippen LogP contribution in [0.3, 0.4) is 0 Å². The molecule has 1 atom stereocenters. The molecule has 0 aliphatic heterocycles. The van der Waals surface area contributed by atoms with Crippen molar-refractivity contribution in [3.05, 3.63) is 17.2 Å². The van der Waals surface area contributed by atoms with Crippen LogP contribution < -0.4 is 14.8 Å². The first kappa shape index (κ1) is 21.7. The maximum atomic E-state index is 11.1. The van der Waals surface area contributed by atoms with Gasteiger partial charge >= 0.3 is 0 Å². The van der Waals surface area contributed by atoms with Crippen LogP contribution in [-0.2, 0) is 16.6 Å². The molecule has 1 amide bonds. The van der Waals surface area contributed by atoms with E-state index >= 15 is 0 Å². The van der Waals surface area contributed by atoms with Crippen molar-refractivity contribution in [1.29, 1.82) is 0 Å². The van der Waals surface area contributed by atoms with E-state index in [9.17, 15) is 4.79 Å². The van der Waals surface area contributed by atoms with Gasteiger partial charge in [-0.2, -0.15) is 4.98 Å². The largest absolute Gasteiger partial charge is 0.492 e. The molecule has 0 spiro atoms. The second-order valence-corrected chi connectivity index (χ2v) is 7.96. The van der Waals surface area contributed by atoms with Crippen molar-refractivity contribution in [2.45, 2.75) is 64.7 Å². The molecule has 1 aromatic heterocycles. The molecule has 3 rings (SSSR count). The lowest BCUT2D eigenvalue weighted by Gasteiger charge is -2.29. The van der Waals surface area contributed by atoms with Crippen molar-refractivity contribution in [2.24, 2.45) is 7.05 Å². The zero-order valence-corrected chi connectivity index (χ0v) is 18.3. The third-order valence-electron chi connectivity index (χ3n) is 5.12. The molecule has 1 N–H and O–H groups in total. The monoisotopic (exact) mass is 423 g/mol. The van der Waals surface area contributed by atoms with Crippen LogP contribution in [0.5, 0.6) is 11.8 Å². The predicted molar refractivity (Wildman–Crippen MR) is 113 cm³/mol. The minimum Gasteiger partial charge on any atom is -0.492 e. The highest BCUT2D eigenvalue weighted by Gasteiger charge is 2.25. The molecule has 1 aliphatic carbocycles. The summed E-state index contributed by atoms with van der Waals surface area (Å²) in [4.78, 5) is 15.7. The molecule has 8 heteroatoms. The zero-order chi connectivity index (χ0) is 21.0. The summed E-state index contributed by atoms with van der Waals surface area (Å²) in [5.74, 6) is 0.622. The van der Waals surface area contributed by atoms with Crippen LogP contribution in [0.2, 0.25) is 5.02 Å². The Bertz CT molecular complexity index is 846. The van der Waals surface area contributed by atoms with Crippen LogP contribution in [0.4, 0.5) is 0 Å². The van der Waals surface area contributed by atoms with Crippen LogP contribution in [0.1, 0.15) is 46.5 Å². The Morgan fingerprint density at radius 2 is 2.00 bits per heavy atom. The smallest absolute Gasteiger partial charge is 0.297 e. The Hall–Kier alpha value is -1.99. The summed E-state index contributed by atoms with van der Waals surface area (Å²) in [6, 6.07) is 4.34. The minimum atomic E-state index is -0.0332. The number of aryl methyl sites for hydroxylation is 1. The number of nitrogens with one attached hydrogen (secondary N) is 1. The molecule has 2 aromatic rings. The molecular weight excluding hydrogens is 394 g/mol. The minimum absolute atomic E-state index is 0.0211. The van der Waals surface area contributed by atoms with Crippen LogP contribution >= 0.6 is 11.6 Å². The Morgan fingerprint density at radius 3 is 2.66 bits per heavy atom. The number of halogens is 1. The Kier molecular flexibility index (Phi) is 7.24. The highest BCUT2D eigenvalue weighted by molar-refractivity contribution is 6.36. The van der Waals surface area contributed by atoms with Crippen LogP contribution in [0, 0.1) is 0 Å². The van der Waals surface area contributed by atoms with E-state index in [4.69, 9.17) is 25.8 Å². The number of ether oxygens (including phenoxy) is 3. The predicted octanol–water partition coefficient (Wildman–Crippen LogP) is 3.86. The number of imidazole rings is 1. The van der Waals surface area contributed by atoms with Gasteiger partial charge in [-0.3, -0.25) is 9.36 Å². The number of benzene rings is 1. The molecule has 0 radical (unpaired) electrons. The summed E-state index contributed by atoms with van der Waals surface area (Å²) in [7, 11) is 1.91. The first-order chi connectivity index (χ1) is 13.9. The molecule has 7 nitrogen and oxygen atoms in total. The van der Waals surface area contributed by atoms with Crippen molar-refractivity contribution < 1.29 is 19.0 Å². The first-order valence-corrected chi connectivity index (χ1v) is 10.6. The number of hydrogen-bond acceptors (Lipinski definition) is 5. The van der Waals surface area contributed by atoms with E-state index in [1.54, 1.807) is 0 Å². The average Bonchev–Trinajstić information content (AvgIpc) is 2.99. The first-order valence-electron chi connectivity index (χ1n) is 10.2. The number of aromatic nitrogens is 2. The van der Waals surface area contributed by atoms with Gasteiger partial charge in [0.15, 0.2) is 0 Å². The lowest BCUT2D eigenvalue weighted by Crippen LogP contribution is -2.37. The number of carbonyl (C=O) groups is 1. The van der Waals surface area contributed by atoms with Gasteiger partial charge in [-0.15, -0.1) is 0 Å². The highest BCUT2D eigenvalue weighted by Crippen LogP contribution is 2.35. The fourth-order valence-electron chi connectivity index (χ4n) is 3.73. The van der Waals surface area contributed by atoms with Crippen molar-refractivity contribution in [3.63, 3.8) is 0 Å². The van der Waals surface area contributed by atoms with Crippen LogP contribution in [-0.4, -0.2) is 46.9 Å². The molecule has 1 aliphatic rings. The summed E-state index contributed by atoms with van der Waals surface area (Å²) in [6.45, 7) is 6.48. The summed E-state index contributed by atoms with van der Waals surface area (Å²) in [5.41, 5.74) is 1.61. The SMILES string of the molecule is CCOc1ccc2nc(OC3CCC(OC[C@H](C)NC(C)=O)CC3)n(C)c2c1Cl. The second kappa shape index (κ2) is 9.67. The van der Waals surface area contributed by atoms with Gasteiger partial charge in [0.2, 0.25) is 5.91 Å². The number of rotatable bonds is 8. The van der Waals surface area contributed by atoms with Crippen molar-refractivity contribution in [3.8, 4) is 11.8 Å². The van der Waals surface area contributed by atoms with Gasteiger partial charge in [-0.05, 0) is 51.7 Å². The van der Waals surface area contributed by atoms with Gasteiger partial charge in [-0.1, -0.05) is 11.6 Å². The number of carbonyl (C=O) groups excluding carboxylic acids is 1. The van der Waals surface area contributed by atoms with Crippen molar-refractivity contribution in [1.82, 2.24) is 14.9 Å². The number of hydrogen-bond donors (Lipinski definition) is 1. The highest BCUT2D eigenvalue weighted by atomic mass is 35.5. The van der Waals surface area contributed by atoms with E-state index in [0.717, 1.165) is 36.7 Å². The fourth-order valence-corrected chi connectivity index (χ4v) is 4.07. The lowest BCUT2D eigenvalue weighted by atomic mass is 9.95. The molecule has 160 valence electrons. The quantitative estimate of drug-likeness (QED) is 0.697. The number of nitrogens with zero attached hydrogens (tertiary/aromatic N) is 2. The molecule has 0 saturated heterocycles. The normalized spacial score (nSPS) is 20.4. The van der Waals surface area contributed by atoms with Gasteiger partial charge in [0.05, 0.1) is 30.4 Å². The molecule has 1 saturated carbocycles. The lowest BCUT2D eigenvalue weighted by molar-refractivity contribution is -0.120. The summed E-state index contributed by atoms with van der Waals surface area (Å²) < 4.78 is 19.6. The van der Waals surface area contributed by atoms with E-state index in [2.05, 4.69) is 10.3 Å². The molecule has 0 unspecified atom stereocenters. The van der Waals surface area contributed by atoms with Crippen molar-refractivity contribution >= 4 is 28.5 Å². The topological polar surface area (TPSA) is 74.6 Å². The maximum absolute atomic E-state index is 11.1. The van der Waals surface area contributed by atoms with E-state index < -0.39 is 0 Å². The summed E-state index contributed by atoms with van der Waals surface area (Å²) >= 11 is 6.51. The third kappa shape index (κ3) is 5.34. The molecule has 29 heavy (non-hydrogen) atoms. The second-order valence-electron chi connectivity index (χ2n) is 7.58. The van der Waals surface area contributed by atoms with Crippen LogP contribution in [0.25, 0.3) is 11.0 Å². The average molecular weight is 424 g/mol. The number of fused-ring (bicyclic) bond motifs is 1. The molecule has 0 bridgehead atoms. The molecule has 1 aromatic carbocycles. The van der Waals surface area contributed by atoms with Gasteiger partial charge in [-0.25, -0.2) is 0 Å². The zero-order valence-electron chi connectivity index (χ0n) is 17.5. The molecule has 1 fully saturated rings. The van der Waals surface area contributed by atoms with Crippen LogP contribution in [0.15, 0.2) is 12.1 Å². The maximum Gasteiger partial charge on any atom is 0.297 e. The van der Waals surface area contributed by atoms with Crippen molar-refractivity contribution in [2.75, 3.05) is 13.2 Å².